The second-order valence-corrected chi connectivity index (χ2v) is 16.3. The number of nitrogens with one attached hydrogen (secondary N) is 2. The third kappa shape index (κ3) is 10.2. The van der Waals surface area contributed by atoms with Gasteiger partial charge in [-0.05, 0) is 106 Å². The van der Waals surface area contributed by atoms with Gasteiger partial charge >= 0.3 is 0 Å². The lowest BCUT2D eigenvalue weighted by molar-refractivity contribution is -0.309. The molecule has 8 bridgehead atoms. The van der Waals surface area contributed by atoms with Gasteiger partial charge < -0.3 is 89.5 Å². The molecule has 0 spiro atoms. The van der Waals surface area contributed by atoms with Crippen molar-refractivity contribution in [2.45, 2.75) is 97.3 Å². The maximum absolute atomic E-state index is 12.4. The van der Waals surface area contributed by atoms with Crippen LogP contribution in [0.2, 0.25) is 0 Å². The average molecular weight is 857 g/mol. The number of aromatic nitrogens is 1. The minimum atomic E-state index is -1.63. The zero-order valence-electron chi connectivity index (χ0n) is 33.6. The molecule has 20 nitrogen and oxygen atoms in total. The number of aliphatic imine (C=N–C) groups is 2. The first kappa shape index (κ1) is 46.2. The molecule has 0 aliphatic carbocycles. The number of carbonyl (C=O) groups excluding carboxylic acids is 8. The number of hydrogen-bond donors (Lipinski definition) is 2. The van der Waals surface area contributed by atoms with Crippen molar-refractivity contribution in [3.8, 4) is 0 Å². The van der Waals surface area contributed by atoms with Gasteiger partial charge in [0, 0.05) is 135 Å². The molecule has 5 heterocycles. The molecule has 4 aliphatic rings. The number of allylic oxidation sites excluding steroid dienone is 6. The summed E-state index contributed by atoms with van der Waals surface area (Å²) in [5.74, 6) is -15.7. The number of rotatable bonds is 20. The van der Waals surface area contributed by atoms with Gasteiger partial charge in [-0.25, -0.2) is 0 Å². The van der Waals surface area contributed by atoms with E-state index in [1.54, 1.807) is 0 Å². The standard InChI is InChI=1S/C42H48N4O16/c1-41(17-39(59)60)23(5-9-35(51)52)29-14-27-21(11-37(55)56)19(3-7-33(47)48)25(43-27)13-26-20(4-8-34(49)50)22(12-38(57)58)28(44-26)15-31-42(2,18-40(61)62)24(6-10-36(53)54)30(46-31)16-32(41)45-29/h14-16,21,23-24,43-44H,3-13,17-18H2,1-2H3,(H,47,48)(H,49,50)(H,51,52)(H,53,54)(H,55,56)(H,57,58)(H,59,60)(H,61,62)/p-8/t21?,23-,24-,41+,42+/m1/s1. The van der Waals surface area contributed by atoms with Crippen LogP contribution in [-0.2, 0) is 57.6 Å². The molecule has 0 saturated carbocycles. The first-order valence-electron chi connectivity index (χ1n) is 19.7. The van der Waals surface area contributed by atoms with E-state index in [-0.39, 0.29) is 94.4 Å². The van der Waals surface area contributed by atoms with Crippen molar-refractivity contribution in [2.24, 2.45) is 38.6 Å². The monoisotopic (exact) mass is 856 g/mol. The summed E-state index contributed by atoms with van der Waals surface area (Å²) in [4.78, 5) is 109. The molecule has 5 atom stereocenters. The molecule has 0 saturated heterocycles. The number of carboxylic acids is 8. The zero-order chi connectivity index (χ0) is 45.8. The van der Waals surface area contributed by atoms with E-state index < -0.39 is 128 Å². The van der Waals surface area contributed by atoms with Crippen molar-refractivity contribution in [3.05, 3.63) is 63.0 Å². The van der Waals surface area contributed by atoms with Gasteiger partial charge in [0.1, 0.15) is 0 Å². The fourth-order valence-electron chi connectivity index (χ4n) is 9.26. The average Bonchev–Trinajstić information content (AvgIpc) is 3.77. The van der Waals surface area contributed by atoms with Crippen molar-refractivity contribution < 1.29 is 79.2 Å². The number of carbonyl (C=O) groups is 8. The molecule has 0 amide bonds. The van der Waals surface area contributed by atoms with Gasteiger partial charge in [0.2, 0.25) is 0 Å². The highest BCUT2D eigenvalue weighted by Gasteiger charge is 2.49. The predicted octanol–water partition coefficient (Wildman–Crippen LogP) is -6.71. The molecule has 0 fully saturated rings. The number of aliphatic carboxylic acids is 8. The molecule has 1 unspecified atom stereocenters. The van der Waals surface area contributed by atoms with Crippen LogP contribution >= 0.6 is 0 Å². The van der Waals surface area contributed by atoms with Crippen LogP contribution in [0, 0.1) is 28.6 Å². The van der Waals surface area contributed by atoms with Crippen LogP contribution in [0.5, 0.6) is 0 Å². The number of H-pyrrole nitrogens is 1. The normalized spacial score (nSPS) is 24.0. The summed E-state index contributed by atoms with van der Waals surface area (Å²) in [5.41, 5.74) is -2.54. The van der Waals surface area contributed by atoms with Crippen LogP contribution in [0.1, 0.15) is 101 Å². The minimum absolute atomic E-state index is 0.00281. The minimum Gasteiger partial charge on any atom is -0.550 e. The van der Waals surface area contributed by atoms with E-state index >= 15 is 0 Å². The van der Waals surface area contributed by atoms with Crippen molar-refractivity contribution >= 4 is 65.3 Å². The Hall–Kier alpha value is -6.86. The molecule has 0 radical (unpaired) electrons. The molecule has 0 aromatic carbocycles. The molecule has 1 aromatic rings. The summed E-state index contributed by atoms with van der Waals surface area (Å²) in [6.07, 6.45) is -3.03. The Morgan fingerprint density at radius 1 is 0.613 bits per heavy atom. The van der Waals surface area contributed by atoms with Crippen LogP contribution in [-0.4, -0.2) is 64.2 Å². The third-order valence-corrected chi connectivity index (χ3v) is 12.1. The fourth-order valence-corrected chi connectivity index (χ4v) is 9.26. The lowest BCUT2D eigenvalue weighted by atomic mass is 9.68. The van der Waals surface area contributed by atoms with E-state index in [0.29, 0.717) is 0 Å². The van der Waals surface area contributed by atoms with E-state index in [1.165, 1.54) is 32.1 Å². The third-order valence-electron chi connectivity index (χ3n) is 12.1. The Morgan fingerprint density at radius 2 is 1.11 bits per heavy atom. The van der Waals surface area contributed by atoms with Crippen molar-refractivity contribution in [2.75, 3.05) is 0 Å². The topological polar surface area (TPSA) is 374 Å². The Kier molecular flexibility index (Phi) is 13.7. The molecule has 62 heavy (non-hydrogen) atoms. The number of hydrogen-bond acceptors (Lipinski definition) is 19. The maximum atomic E-state index is 12.4. The Bertz CT molecular complexity index is 2310. The Labute approximate surface area is 353 Å². The second-order valence-electron chi connectivity index (χ2n) is 16.3. The lowest BCUT2D eigenvalue weighted by Gasteiger charge is -2.35. The van der Waals surface area contributed by atoms with Crippen LogP contribution < -0.4 is 46.2 Å². The molecular formula is C42H40N4O16-8. The van der Waals surface area contributed by atoms with Crippen molar-refractivity contribution in [3.63, 3.8) is 0 Å². The van der Waals surface area contributed by atoms with Crippen LogP contribution in [0.15, 0.2) is 50.5 Å². The number of fused-ring (bicyclic) bond motifs is 6. The van der Waals surface area contributed by atoms with Crippen molar-refractivity contribution in [1.82, 2.24) is 10.3 Å². The fraction of sp³-hybridized carbons (Fsp3) is 0.476. The predicted molar refractivity (Wildman–Crippen MR) is 194 cm³/mol. The highest BCUT2D eigenvalue weighted by Crippen LogP contribution is 2.53. The van der Waals surface area contributed by atoms with Crippen LogP contribution in [0.3, 0.4) is 0 Å². The Morgan fingerprint density at radius 3 is 1.60 bits per heavy atom. The quantitative estimate of drug-likeness (QED) is 0.123. The number of carboxylic acid groups (broad SMARTS) is 8. The summed E-state index contributed by atoms with van der Waals surface area (Å²) in [6, 6.07) is 0. The smallest absolute Gasteiger partial charge is 0.0497 e. The highest BCUT2D eigenvalue weighted by molar-refractivity contribution is 6.06. The van der Waals surface area contributed by atoms with Gasteiger partial charge in [0.05, 0.1) is 0 Å². The van der Waals surface area contributed by atoms with Gasteiger partial charge in [0.25, 0.3) is 0 Å². The second kappa shape index (κ2) is 18.4. The zero-order valence-corrected chi connectivity index (χ0v) is 33.6. The first-order valence-corrected chi connectivity index (χ1v) is 19.7. The van der Waals surface area contributed by atoms with Gasteiger partial charge in [-0.2, -0.15) is 0 Å². The van der Waals surface area contributed by atoms with Crippen molar-refractivity contribution in [1.29, 1.82) is 0 Å². The lowest BCUT2D eigenvalue weighted by Crippen LogP contribution is -2.38. The molecule has 332 valence electrons. The Balaban J connectivity index is 1.94. The molecule has 4 aliphatic heterocycles. The highest BCUT2D eigenvalue weighted by atomic mass is 16.4. The van der Waals surface area contributed by atoms with Gasteiger partial charge in [-0.3, -0.25) is 9.98 Å². The SMILES string of the molecule is C[C@@]1(CC(=O)[O-])C2=CC3=NC(=Cc4[nH]c(c(CCC(=O)[O-])c4CC(=O)[O-])CC4=C(CCC(=O)[O-])C(CC(=O)[O-])C(=CC(=N2)[C@H]1CCC(=O)[O-])N4)[C@@](C)(CC(=O)[O-])[C@@H]3CCC(=O)[O-]. The first-order chi connectivity index (χ1) is 29.0. The summed E-state index contributed by atoms with van der Waals surface area (Å²) < 4.78 is 0. The molecular weight excluding hydrogens is 816 g/mol. The van der Waals surface area contributed by atoms with Gasteiger partial charge in [0.15, 0.2) is 0 Å². The van der Waals surface area contributed by atoms with E-state index in [1.807, 2.05) is 0 Å². The molecule has 1 aromatic heterocycles. The largest absolute Gasteiger partial charge is 0.550 e. The van der Waals surface area contributed by atoms with E-state index in [9.17, 15) is 79.2 Å². The van der Waals surface area contributed by atoms with Crippen LogP contribution in [0.4, 0.5) is 0 Å². The number of nitrogens with zero attached hydrogens (tertiary/aromatic N) is 2. The summed E-state index contributed by atoms with van der Waals surface area (Å²) >= 11 is 0. The van der Waals surface area contributed by atoms with Gasteiger partial charge in [-0.15, -0.1) is 0 Å². The summed E-state index contributed by atoms with van der Waals surface area (Å²) in [7, 11) is 0. The summed E-state index contributed by atoms with van der Waals surface area (Å²) in [5, 5.41) is 99.8. The molecule has 20 heteroatoms. The molecule has 2 N–H and O–H groups in total. The van der Waals surface area contributed by atoms with E-state index in [2.05, 4.69) is 10.3 Å². The summed E-state index contributed by atoms with van der Waals surface area (Å²) in [6.45, 7) is 2.90. The molecule has 5 rings (SSSR count). The van der Waals surface area contributed by atoms with Gasteiger partial charge in [-0.1, -0.05) is 13.8 Å². The van der Waals surface area contributed by atoms with Crippen LogP contribution in [0.25, 0.3) is 6.08 Å². The van der Waals surface area contributed by atoms with E-state index in [4.69, 9.17) is 9.98 Å². The maximum Gasteiger partial charge on any atom is 0.0497 e. The van der Waals surface area contributed by atoms with E-state index in [0.717, 1.165) is 0 Å². The number of aromatic amines is 1.